The highest BCUT2D eigenvalue weighted by Crippen LogP contribution is 2.33. The minimum atomic E-state index is -4.46. The quantitative estimate of drug-likeness (QED) is 0.872. The second kappa shape index (κ2) is 7.14. The van der Waals surface area contributed by atoms with Gasteiger partial charge in [-0.25, -0.2) is 4.98 Å². The largest absolute Gasteiger partial charge is 0.417 e. The summed E-state index contributed by atoms with van der Waals surface area (Å²) in [5.74, 6) is 1.30. The predicted molar refractivity (Wildman–Crippen MR) is 83.9 cm³/mol. The molecule has 0 amide bonds. The Hall–Kier alpha value is -1.91. The van der Waals surface area contributed by atoms with Gasteiger partial charge in [0.2, 0.25) is 5.89 Å². The predicted octanol–water partition coefficient (Wildman–Crippen LogP) is 1.92. The van der Waals surface area contributed by atoms with E-state index in [2.05, 4.69) is 20.0 Å². The fraction of sp³-hybridized carbons (Fsp3) is 0.500. The van der Waals surface area contributed by atoms with Crippen molar-refractivity contribution in [2.45, 2.75) is 19.3 Å². The number of anilines is 1. The summed E-state index contributed by atoms with van der Waals surface area (Å²) in [6, 6.07) is 0.907. The normalized spacial score (nSPS) is 16.4. The molecule has 0 radical (unpaired) electrons. The highest BCUT2D eigenvalue weighted by atomic mass is 35.5. The van der Waals surface area contributed by atoms with E-state index in [1.54, 1.807) is 0 Å². The lowest BCUT2D eigenvalue weighted by atomic mass is 10.2. The van der Waals surface area contributed by atoms with Crippen molar-refractivity contribution in [1.82, 2.24) is 20.0 Å². The van der Waals surface area contributed by atoms with Gasteiger partial charge in [0.1, 0.15) is 5.82 Å². The summed E-state index contributed by atoms with van der Waals surface area (Å²) in [7, 11) is 0. The number of hydrogen-bond acceptors (Lipinski definition) is 7. The first-order chi connectivity index (χ1) is 11.9. The van der Waals surface area contributed by atoms with Crippen molar-refractivity contribution in [1.29, 1.82) is 0 Å². The van der Waals surface area contributed by atoms with Crippen LogP contribution in [0, 0.1) is 0 Å². The van der Waals surface area contributed by atoms with Crippen LogP contribution in [0.15, 0.2) is 16.8 Å². The lowest BCUT2D eigenvalue weighted by Gasteiger charge is -2.35. The van der Waals surface area contributed by atoms with Crippen LogP contribution in [0.5, 0.6) is 0 Å². The molecular weight excluding hydrogens is 361 g/mol. The number of rotatable bonds is 4. The smallest absolute Gasteiger partial charge is 0.353 e. The third-order valence-corrected chi connectivity index (χ3v) is 4.15. The van der Waals surface area contributed by atoms with Gasteiger partial charge in [0.15, 0.2) is 5.82 Å². The van der Waals surface area contributed by atoms with E-state index < -0.39 is 11.7 Å². The minimum Gasteiger partial charge on any atom is -0.353 e. The lowest BCUT2D eigenvalue weighted by Crippen LogP contribution is -2.46. The van der Waals surface area contributed by atoms with Crippen molar-refractivity contribution in [3.05, 3.63) is 34.6 Å². The van der Waals surface area contributed by atoms with Crippen molar-refractivity contribution in [2.24, 2.45) is 5.73 Å². The van der Waals surface area contributed by atoms with Gasteiger partial charge in [-0.15, -0.1) is 0 Å². The molecule has 25 heavy (non-hydrogen) atoms. The second-order valence-electron chi connectivity index (χ2n) is 5.60. The highest BCUT2D eigenvalue weighted by Gasteiger charge is 2.32. The van der Waals surface area contributed by atoms with E-state index in [0.29, 0.717) is 50.3 Å². The van der Waals surface area contributed by atoms with Gasteiger partial charge in [-0.3, -0.25) is 4.90 Å². The number of nitrogens with zero attached hydrogens (tertiary/aromatic N) is 5. The molecule has 0 aromatic carbocycles. The molecule has 1 fully saturated rings. The van der Waals surface area contributed by atoms with Crippen molar-refractivity contribution in [3.63, 3.8) is 0 Å². The Morgan fingerprint density at radius 3 is 2.52 bits per heavy atom. The van der Waals surface area contributed by atoms with E-state index in [1.807, 2.05) is 4.90 Å². The van der Waals surface area contributed by atoms with Crippen LogP contribution >= 0.6 is 11.6 Å². The van der Waals surface area contributed by atoms with E-state index in [4.69, 9.17) is 21.9 Å². The molecule has 0 spiro atoms. The first-order valence-corrected chi connectivity index (χ1v) is 7.96. The molecule has 136 valence electrons. The Bertz CT molecular complexity index is 730. The Kier molecular flexibility index (Phi) is 5.11. The van der Waals surface area contributed by atoms with Crippen LogP contribution in [0.3, 0.4) is 0 Å². The maximum atomic E-state index is 12.7. The number of halogens is 4. The summed E-state index contributed by atoms with van der Waals surface area (Å²) in [6.45, 7) is 3.22. The van der Waals surface area contributed by atoms with E-state index in [-0.39, 0.29) is 11.6 Å². The number of piperazine rings is 1. The van der Waals surface area contributed by atoms with E-state index >= 15 is 0 Å². The molecule has 1 aliphatic heterocycles. The molecule has 0 atom stereocenters. The number of pyridine rings is 1. The molecule has 3 heterocycles. The zero-order valence-electron chi connectivity index (χ0n) is 13.1. The van der Waals surface area contributed by atoms with Gasteiger partial charge < -0.3 is 15.2 Å². The first kappa shape index (κ1) is 17.9. The fourth-order valence-corrected chi connectivity index (χ4v) is 2.86. The molecule has 0 saturated carbocycles. The Morgan fingerprint density at radius 1 is 1.24 bits per heavy atom. The average molecular weight is 377 g/mol. The van der Waals surface area contributed by atoms with Crippen LogP contribution in [0.25, 0.3) is 0 Å². The van der Waals surface area contributed by atoms with Crippen LogP contribution in [0.2, 0.25) is 5.02 Å². The summed E-state index contributed by atoms with van der Waals surface area (Å²) in [6.07, 6.45) is -3.65. The maximum absolute atomic E-state index is 12.7. The maximum Gasteiger partial charge on any atom is 0.417 e. The van der Waals surface area contributed by atoms with Gasteiger partial charge in [-0.1, -0.05) is 16.8 Å². The van der Waals surface area contributed by atoms with Crippen molar-refractivity contribution >= 4 is 17.4 Å². The van der Waals surface area contributed by atoms with E-state index in [1.165, 1.54) is 0 Å². The Balaban J connectivity index is 1.60. The summed E-state index contributed by atoms with van der Waals surface area (Å²) in [4.78, 5) is 12.0. The second-order valence-corrected chi connectivity index (χ2v) is 6.01. The number of alkyl halides is 3. The molecule has 2 aromatic rings. The van der Waals surface area contributed by atoms with Crippen LogP contribution in [0.4, 0.5) is 19.0 Å². The number of nitrogens with two attached hydrogens (primary N) is 1. The molecular formula is C14H16ClF3N6O. The van der Waals surface area contributed by atoms with Crippen molar-refractivity contribution < 1.29 is 17.7 Å². The lowest BCUT2D eigenvalue weighted by molar-refractivity contribution is -0.137. The third kappa shape index (κ3) is 4.20. The van der Waals surface area contributed by atoms with Crippen LogP contribution in [0.1, 0.15) is 17.3 Å². The van der Waals surface area contributed by atoms with Gasteiger partial charge in [0.25, 0.3) is 0 Å². The molecule has 0 bridgehead atoms. The van der Waals surface area contributed by atoms with Gasteiger partial charge in [0, 0.05) is 32.4 Å². The molecule has 2 aromatic heterocycles. The summed E-state index contributed by atoms with van der Waals surface area (Å²) >= 11 is 5.99. The van der Waals surface area contributed by atoms with Crippen LogP contribution in [-0.2, 0) is 19.3 Å². The molecule has 11 heteroatoms. The molecule has 7 nitrogen and oxygen atoms in total. The summed E-state index contributed by atoms with van der Waals surface area (Å²) in [5.41, 5.74) is 4.57. The van der Waals surface area contributed by atoms with Gasteiger partial charge in [-0.2, -0.15) is 18.2 Å². The van der Waals surface area contributed by atoms with Crippen molar-refractivity contribution in [2.75, 3.05) is 31.1 Å². The van der Waals surface area contributed by atoms with Crippen LogP contribution < -0.4 is 10.6 Å². The van der Waals surface area contributed by atoms with E-state index in [0.717, 1.165) is 12.3 Å². The minimum absolute atomic E-state index is 0.00553. The third-order valence-electron chi connectivity index (χ3n) is 3.87. The molecule has 0 aliphatic carbocycles. The highest BCUT2D eigenvalue weighted by molar-refractivity contribution is 6.33. The number of hydrogen-bond donors (Lipinski definition) is 1. The number of aromatic nitrogens is 3. The fourth-order valence-electron chi connectivity index (χ4n) is 2.57. The SMILES string of the molecule is NCc1nc(CN2CCN(c3ncc(C(F)(F)F)cc3Cl)CC2)no1. The van der Waals surface area contributed by atoms with Gasteiger partial charge in [-0.05, 0) is 6.07 Å². The molecule has 1 saturated heterocycles. The zero-order chi connectivity index (χ0) is 18.0. The zero-order valence-corrected chi connectivity index (χ0v) is 13.9. The monoisotopic (exact) mass is 376 g/mol. The topological polar surface area (TPSA) is 84.3 Å². The Morgan fingerprint density at radius 2 is 1.96 bits per heavy atom. The standard InChI is InChI=1S/C14H16ClF3N6O/c15-10-5-9(14(16,17)18)7-20-13(10)24-3-1-23(2-4-24)8-11-21-12(6-19)25-22-11/h5,7H,1-4,6,8,19H2. The molecule has 3 rings (SSSR count). The first-order valence-electron chi connectivity index (χ1n) is 7.58. The van der Waals surface area contributed by atoms with Crippen molar-refractivity contribution in [3.8, 4) is 0 Å². The van der Waals surface area contributed by atoms with Gasteiger partial charge in [0.05, 0.1) is 23.7 Å². The molecule has 1 aliphatic rings. The molecule has 2 N–H and O–H groups in total. The average Bonchev–Trinajstić information content (AvgIpc) is 3.02. The molecule has 0 unspecified atom stereocenters. The Labute approximate surface area is 146 Å². The van der Waals surface area contributed by atoms with Crippen LogP contribution in [-0.4, -0.2) is 46.2 Å². The van der Waals surface area contributed by atoms with E-state index in [9.17, 15) is 13.2 Å². The summed E-state index contributed by atoms with van der Waals surface area (Å²) in [5, 5.41) is 3.84. The van der Waals surface area contributed by atoms with Gasteiger partial charge >= 0.3 is 6.18 Å². The summed E-state index contributed by atoms with van der Waals surface area (Å²) < 4.78 is 43.0.